The van der Waals surface area contributed by atoms with Gasteiger partial charge in [-0.2, -0.15) is 11.8 Å². The Balaban J connectivity index is 2.66. The summed E-state index contributed by atoms with van der Waals surface area (Å²) >= 11 is 1.63. The van der Waals surface area contributed by atoms with E-state index >= 15 is 0 Å². The quantitative estimate of drug-likeness (QED) is 0.370. The van der Waals surface area contributed by atoms with E-state index in [2.05, 4.69) is 4.52 Å². The monoisotopic (exact) mass is 326 g/mol. The molecule has 0 amide bonds. The maximum atomic E-state index is 10.9. The van der Waals surface area contributed by atoms with Gasteiger partial charge in [-0.05, 0) is 13.2 Å². The largest absolute Gasteiger partial charge is 0.469 e. The van der Waals surface area contributed by atoms with Crippen molar-refractivity contribution in [2.45, 2.75) is 37.3 Å². The molecular weight excluding hydrogens is 306 g/mol. The average Bonchev–Trinajstić information content (AvgIpc) is 2.64. The number of rotatable bonds is 8. The van der Waals surface area contributed by atoms with Crippen LogP contribution in [0.5, 0.6) is 0 Å². The summed E-state index contributed by atoms with van der Waals surface area (Å²) in [5, 5.41) is 0. The van der Waals surface area contributed by atoms with Crippen molar-refractivity contribution in [1.82, 2.24) is 0 Å². The van der Waals surface area contributed by atoms with Crippen molar-refractivity contribution >= 4 is 27.4 Å². The molecule has 0 saturated carbocycles. The molecule has 1 aliphatic heterocycles. The van der Waals surface area contributed by atoms with E-state index in [0.717, 1.165) is 5.75 Å². The van der Waals surface area contributed by atoms with Gasteiger partial charge in [0.2, 0.25) is 0 Å². The Morgan fingerprint density at radius 3 is 2.60 bits per heavy atom. The highest BCUT2D eigenvalue weighted by Crippen LogP contribution is 2.40. The van der Waals surface area contributed by atoms with Crippen molar-refractivity contribution in [2.75, 3.05) is 25.7 Å². The summed E-state index contributed by atoms with van der Waals surface area (Å²) in [4.78, 5) is 17.7. The molecule has 10 heteroatoms. The van der Waals surface area contributed by atoms with Gasteiger partial charge < -0.3 is 24.0 Å². The fourth-order valence-electron chi connectivity index (χ4n) is 2.09. The van der Waals surface area contributed by atoms with Crippen LogP contribution >= 0.6 is 19.6 Å². The van der Waals surface area contributed by atoms with Crippen LogP contribution in [0.15, 0.2) is 0 Å². The summed E-state index contributed by atoms with van der Waals surface area (Å²) in [6.07, 6.45) is -0.669. The lowest BCUT2D eigenvalue weighted by atomic mass is 9.92. The fourth-order valence-corrected chi connectivity index (χ4v) is 2.91. The Kier molecular flexibility index (Phi) is 7.52. The third-order valence-electron chi connectivity index (χ3n) is 2.92. The molecule has 20 heavy (non-hydrogen) atoms. The number of hydrogen-bond acceptors (Lipinski definition) is 6. The SMILES string of the molecule is [B][C@@H]1O[C@H](C(C)OP(=O)(O)O)[C@@H](OC)[C@H]1OCCSC. The van der Waals surface area contributed by atoms with Crippen LogP contribution in [0.1, 0.15) is 6.92 Å². The van der Waals surface area contributed by atoms with Crippen LogP contribution in [0.4, 0.5) is 0 Å². The molecule has 5 atom stereocenters. The lowest BCUT2D eigenvalue weighted by Gasteiger charge is -2.26. The molecule has 1 heterocycles. The first-order valence-corrected chi connectivity index (χ1v) is 9.01. The minimum absolute atomic E-state index is 0.489. The van der Waals surface area contributed by atoms with Crippen molar-refractivity contribution in [3.8, 4) is 0 Å². The first kappa shape index (κ1) is 18.5. The molecule has 1 saturated heterocycles. The molecule has 1 aliphatic rings. The van der Waals surface area contributed by atoms with Crippen molar-refractivity contribution in [1.29, 1.82) is 0 Å². The predicted molar refractivity (Wildman–Crippen MR) is 75.9 cm³/mol. The van der Waals surface area contributed by atoms with Gasteiger partial charge in [-0.3, -0.25) is 4.52 Å². The molecule has 0 aromatic heterocycles. The molecule has 0 aliphatic carbocycles. The Hall–Kier alpha value is 0.405. The summed E-state index contributed by atoms with van der Waals surface area (Å²) in [7, 11) is 2.70. The van der Waals surface area contributed by atoms with Crippen molar-refractivity contribution in [2.24, 2.45) is 0 Å². The molecule has 0 spiro atoms. The Morgan fingerprint density at radius 1 is 1.45 bits per heavy atom. The fraction of sp³-hybridized carbons (Fsp3) is 1.00. The van der Waals surface area contributed by atoms with E-state index in [0.29, 0.717) is 6.61 Å². The molecule has 0 aromatic rings. The van der Waals surface area contributed by atoms with E-state index in [1.165, 1.54) is 14.0 Å². The maximum absolute atomic E-state index is 10.9. The normalized spacial score (nSPS) is 32.5. The van der Waals surface area contributed by atoms with E-state index < -0.39 is 38.2 Å². The maximum Gasteiger partial charge on any atom is 0.469 e. The lowest BCUT2D eigenvalue weighted by Crippen LogP contribution is -2.41. The highest BCUT2D eigenvalue weighted by molar-refractivity contribution is 7.98. The summed E-state index contributed by atoms with van der Waals surface area (Å²) in [5.74, 6) is 0.804. The average molecular weight is 326 g/mol. The molecule has 0 aromatic carbocycles. The highest BCUT2D eigenvalue weighted by atomic mass is 32.2. The van der Waals surface area contributed by atoms with Crippen molar-refractivity contribution in [3.05, 3.63) is 0 Å². The Bertz CT molecular complexity index is 342. The second kappa shape index (κ2) is 8.15. The van der Waals surface area contributed by atoms with Gasteiger partial charge in [0.05, 0.1) is 12.7 Å². The third-order valence-corrected chi connectivity index (χ3v) is 4.10. The summed E-state index contributed by atoms with van der Waals surface area (Å²) in [6.45, 7) is 1.98. The highest BCUT2D eigenvalue weighted by Gasteiger charge is 2.47. The van der Waals surface area contributed by atoms with E-state index in [4.69, 9.17) is 31.8 Å². The number of phosphoric acid groups is 1. The number of thioether (sulfide) groups is 1. The van der Waals surface area contributed by atoms with Gasteiger partial charge in [0.25, 0.3) is 0 Å². The van der Waals surface area contributed by atoms with Gasteiger partial charge in [0.1, 0.15) is 26.2 Å². The molecule has 1 unspecified atom stereocenters. The third kappa shape index (κ3) is 5.31. The van der Waals surface area contributed by atoms with Gasteiger partial charge in [0.15, 0.2) is 0 Å². The molecule has 1 fully saturated rings. The molecular formula is C10H20BO7PS. The molecule has 2 radical (unpaired) electrons. The zero-order valence-corrected chi connectivity index (χ0v) is 13.4. The standard InChI is InChI=1S/C10H20BO7PS/c1-6(18-19(12,13)14)7-8(15-2)9(10(11)17-7)16-4-5-20-3/h6-10H,4-5H2,1-3H3,(H2,12,13,14)/t6?,7-,8-,9-,10-/m1/s1. The Labute approximate surface area is 124 Å². The summed E-state index contributed by atoms with van der Waals surface area (Å²) in [5.41, 5.74) is 0. The number of phosphoric ester groups is 1. The Morgan fingerprint density at radius 2 is 2.10 bits per heavy atom. The zero-order valence-electron chi connectivity index (χ0n) is 11.7. The minimum atomic E-state index is -4.60. The van der Waals surface area contributed by atoms with Crippen LogP contribution in [0, 0.1) is 0 Å². The summed E-state index contributed by atoms with van der Waals surface area (Å²) < 4.78 is 31.9. The minimum Gasteiger partial charge on any atom is -0.376 e. The predicted octanol–water partition coefficient (Wildman–Crippen LogP) is 0.141. The number of hydrogen-bond donors (Lipinski definition) is 2. The van der Waals surface area contributed by atoms with Crippen LogP contribution in [-0.2, 0) is 23.3 Å². The number of methoxy groups -OCH3 is 1. The van der Waals surface area contributed by atoms with Gasteiger partial charge in [-0.25, -0.2) is 4.57 Å². The van der Waals surface area contributed by atoms with Crippen molar-refractivity contribution < 1.29 is 33.1 Å². The first-order chi connectivity index (χ1) is 9.30. The van der Waals surface area contributed by atoms with Crippen LogP contribution < -0.4 is 0 Å². The molecule has 2 N–H and O–H groups in total. The van der Waals surface area contributed by atoms with Gasteiger partial charge >= 0.3 is 7.82 Å². The van der Waals surface area contributed by atoms with Crippen LogP contribution in [0.2, 0.25) is 0 Å². The van der Waals surface area contributed by atoms with Crippen LogP contribution in [-0.4, -0.2) is 73.8 Å². The molecule has 7 nitrogen and oxygen atoms in total. The second-order valence-corrected chi connectivity index (χ2v) is 6.57. The lowest BCUT2D eigenvalue weighted by molar-refractivity contribution is -0.0676. The second-order valence-electron chi connectivity index (χ2n) is 4.39. The van der Waals surface area contributed by atoms with E-state index in [1.807, 2.05) is 6.26 Å². The molecule has 1 rings (SSSR count). The van der Waals surface area contributed by atoms with Gasteiger partial charge in [-0.15, -0.1) is 0 Å². The van der Waals surface area contributed by atoms with E-state index in [1.54, 1.807) is 11.8 Å². The van der Waals surface area contributed by atoms with Gasteiger partial charge in [0, 0.05) is 18.9 Å². The van der Waals surface area contributed by atoms with E-state index in [-0.39, 0.29) is 0 Å². The molecule has 0 bridgehead atoms. The molecule has 116 valence electrons. The zero-order chi connectivity index (χ0) is 15.3. The number of ether oxygens (including phenoxy) is 3. The van der Waals surface area contributed by atoms with Gasteiger partial charge in [-0.1, -0.05) is 0 Å². The topological polar surface area (TPSA) is 94.5 Å². The smallest absolute Gasteiger partial charge is 0.376 e. The van der Waals surface area contributed by atoms with Crippen LogP contribution in [0.25, 0.3) is 0 Å². The van der Waals surface area contributed by atoms with Crippen LogP contribution in [0.3, 0.4) is 0 Å². The van der Waals surface area contributed by atoms with E-state index in [9.17, 15) is 4.57 Å². The summed E-state index contributed by atoms with van der Waals surface area (Å²) in [6, 6.07) is -0.727. The van der Waals surface area contributed by atoms with Crippen molar-refractivity contribution in [3.63, 3.8) is 0 Å². The first-order valence-electron chi connectivity index (χ1n) is 6.08.